The molecule has 0 spiro atoms. The zero-order chi connectivity index (χ0) is 15.6. The van der Waals surface area contributed by atoms with Gasteiger partial charge in [0.1, 0.15) is 0 Å². The van der Waals surface area contributed by atoms with Gasteiger partial charge in [-0.1, -0.05) is 0 Å². The van der Waals surface area contributed by atoms with Crippen LogP contribution in [-0.4, -0.2) is 24.9 Å². The van der Waals surface area contributed by atoms with Gasteiger partial charge in [-0.05, 0) is 80.8 Å². The van der Waals surface area contributed by atoms with Crippen LogP contribution in [0, 0.1) is 16.6 Å². The predicted octanol–water partition coefficient (Wildman–Crippen LogP) is 2.40. The van der Waals surface area contributed by atoms with Gasteiger partial charge in [0, 0.05) is 16.3 Å². The van der Waals surface area contributed by atoms with Crippen molar-refractivity contribution in [2.24, 2.45) is 11.7 Å². The third-order valence-corrected chi connectivity index (χ3v) is 5.73. The first-order valence-corrected chi connectivity index (χ1v) is 8.76. The van der Waals surface area contributed by atoms with E-state index in [-0.39, 0.29) is 5.78 Å². The van der Waals surface area contributed by atoms with E-state index in [1.807, 2.05) is 28.7 Å². The number of nitrogens with two attached hydrogens (primary N) is 2. The Labute approximate surface area is 158 Å². The quantitative estimate of drug-likeness (QED) is 0.236. The molecular weight excluding hydrogens is 601 g/mol. The van der Waals surface area contributed by atoms with Crippen LogP contribution in [0.1, 0.15) is 17.3 Å². The number of anilines is 1. The van der Waals surface area contributed by atoms with Crippen LogP contribution in [0.15, 0.2) is 6.07 Å². The molecule has 4 N–H and O–H groups in total. The van der Waals surface area contributed by atoms with Crippen LogP contribution in [0.4, 0.5) is 5.69 Å². The maximum atomic E-state index is 12.5. The monoisotopic (exact) mass is 614 g/mol. The SMILES string of the molecule is COC(=O)C(C)C(N)C(=O)c1c(I)cc(I)c(N)c1I. The number of rotatable bonds is 4. The average Bonchev–Trinajstić information content (AvgIpc) is 2.42. The summed E-state index contributed by atoms with van der Waals surface area (Å²) in [6, 6.07) is 0.866. The molecular formula is C12H13I3N2O3. The molecule has 0 saturated heterocycles. The van der Waals surface area contributed by atoms with Gasteiger partial charge < -0.3 is 16.2 Å². The van der Waals surface area contributed by atoms with Crippen molar-refractivity contribution in [3.05, 3.63) is 22.3 Å². The van der Waals surface area contributed by atoms with Crippen molar-refractivity contribution in [3.8, 4) is 0 Å². The summed E-state index contributed by atoms with van der Waals surface area (Å²) in [5.74, 6) is -1.52. The smallest absolute Gasteiger partial charge is 0.310 e. The van der Waals surface area contributed by atoms with Crippen LogP contribution in [-0.2, 0) is 9.53 Å². The number of benzene rings is 1. The molecule has 0 aliphatic heterocycles. The highest BCUT2D eigenvalue weighted by Crippen LogP contribution is 2.30. The molecule has 0 aromatic heterocycles. The van der Waals surface area contributed by atoms with Crippen LogP contribution >= 0.6 is 67.8 Å². The van der Waals surface area contributed by atoms with Crippen LogP contribution in [0.3, 0.4) is 0 Å². The summed E-state index contributed by atoms with van der Waals surface area (Å²) in [5, 5.41) is 0. The Morgan fingerprint density at radius 3 is 2.30 bits per heavy atom. The lowest BCUT2D eigenvalue weighted by Crippen LogP contribution is -2.41. The third kappa shape index (κ3) is 3.74. The summed E-state index contributed by atoms with van der Waals surface area (Å²) in [5.41, 5.74) is 12.9. The summed E-state index contributed by atoms with van der Waals surface area (Å²) in [6.07, 6.45) is 0. The number of methoxy groups -OCH3 is 1. The Kier molecular flexibility index (Phi) is 6.92. The van der Waals surface area contributed by atoms with E-state index < -0.39 is 17.9 Å². The Morgan fingerprint density at radius 2 is 1.80 bits per heavy atom. The van der Waals surface area contributed by atoms with E-state index in [4.69, 9.17) is 11.5 Å². The van der Waals surface area contributed by atoms with E-state index in [0.717, 1.165) is 7.14 Å². The van der Waals surface area contributed by atoms with Gasteiger partial charge in [0.05, 0.1) is 24.8 Å². The second-order valence-electron chi connectivity index (χ2n) is 4.14. The first-order chi connectivity index (χ1) is 9.22. The van der Waals surface area contributed by atoms with Gasteiger partial charge in [-0.25, -0.2) is 0 Å². The van der Waals surface area contributed by atoms with Gasteiger partial charge in [0.2, 0.25) is 0 Å². The number of ether oxygens (including phenoxy) is 1. The van der Waals surface area contributed by atoms with E-state index in [1.165, 1.54) is 7.11 Å². The number of Topliss-reactive ketones (excluding diaryl/α,β-unsaturated/α-hetero) is 1. The fraction of sp³-hybridized carbons (Fsp3) is 0.333. The van der Waals surface area contributed by atoms with E-state index in [1.54, 1.807) is 6.92 Å². The van der Waals surface area contributed by atoms with Crippen molar-refractivity contribution in [2.75, 3.05) is 12.8 Å². The van der Waals surface area contributed by atoms with Crippen LogP contribution in [0.25, 0.3) is 0 Å². The van der Waals surface area contributed by atoms with Crippen LogP contribution in [0.2, 0.25) is 0 Å². The van der Waals surface area contributed by atoms with Crippen molar-refractivity contribution >= 4 is 85.2 Å². The largest absolute Gasteiger partial charge is 0.469 e. The minimum atomic E-state index is -0.955. The molecule has 2 unspecified atom stereocenters. The Morgan fingerprint density at radius 1 is 1.25 bits per heavy atom. The number of hydrogen-bond donors (Lipinski definition) is 2. The fourth-order valence-corrected chi connectivity index (χ4v) is 5.46. The number of nitrogen functional groups attached to an aromatic ring is 1. The van der Waals surface area contributed by atoms with Crippen molar-refractivity contribution in [3.63, 3.8) is 0 Å². The standard InChI is InChI=1S/C12H13I3N2O3/c1-4(12(19)20-2)9(16)11(18)7-5(13)3-6(14)10(17)8(7)15/h3-4,9H,16-17H2,1-2H3. The summed E-state index contributed by atoms with van der Waals surface area (Å²) in [7, 11) is 1.27. The van der Waals surface area contributed by atoms with E-state index in [9.17, 15) is 9.59 Å². The normalized spacial score (nSPS) is 13.7. The fourth-order valence-electron chi connectivity index (χ4n) is 1.56. The Hall–Kier alpha value is 0.310. The number of ketones is 1. The predicted molar refractivity (Wildman–Crippen MR) is 102 cm³/mol. The zero-order valence-electron chi connectivity index (χ0n) is 10.7. The van der Waals surface area contributed by atoms with Crippen molar-refractivity contribution in [1.82, 2.24) is 0 Å². The molecule has 0 amide bonds. The second-order valence-corrected chi connectivity index (χ2v) is 7.55. The number of carbonyl (C=O) groups is 2. The van der Waals surface area contributed by atoms with E-state index in [2.05, 4.69) is 49.9 Å². The first-order valence-electron chi connectivity index (χ1n) is 5.52. The van der Waals surface area contributed by atoms with E-state index >= 15 is 0 Å². The molecule has 0 bridgehead atoms. The van der Waals surface area contributed by atoms with Gasteiger partial charge in [0.25, 0.3) is 0 Å². The third-order valence-electron chi connectivity index (χ3n) is 2.87. The maximum Gasteiger partial charge on any atom is 0.310 e. The molecule has 0 heterocycles. The number of halogens is 3. The highest BCUT2D eigenvalue weighted by atomic mass is 127. The van der Waals surface area contributed by atoms with Crippen molar-refractivity contribution in [2.45, 2.75) is 13.0 Å². The van der Waals surface area contributed by atoms with Gasteiger partial charge in [-0.15, -0.1) is 0 Å². The Balaban J connectivity index is 3.22. The summed E-state index contributed by atoms with van der Waals surface area (Å²) >= 11 is 6.21. The number of hydrogen-bond acceptors (Lipinski definition) is 5. The molecule has 1 rings (SSSR count). The highest BCUT2D eigenvalue weighted by molar-refractivity contribution is 14.1. The van der Waals surface area contributed by atoms with Gasteiger partial charge in [0.15, 0.2) is 5.78 Å². The molecule has 0 radical (unpaired) electrons. The first kappa shape index (κ1) is 18.4. The van der Waals surface area contributed by atoms with Crippen LogP contribution < -0.4 is 11.5 Å². The molecule has 1 aromatic rings. The second kappa shape index (κ2) is 7.54. The Bertz CT molecular complexity index is 563. The van der Waals surface area contributed by atoms with E-state index in [0.29, 0.717) is 14.8 Å². The van der Waals surface area contributed by atoms with Gasteiger partial charge >= 0.3 is 5.97 Å². The lowest BCUT2D eigenvalue weighted by atomic mass is 9.94. The molecule has 0 fully saturated rings. The molecule has 0 aliphatic carbocycles. The summed E-state index contributed by atoms with van der Waals surface area (Å²) in [4.78, 5) is 24.0. The molecule has 110 valence electrons. The summed E-state index contributed by atoms with van der Waals surface area (Å²) < 4.78 is 6.93. The molecule has 2 atom stereocenters. The van der Waals surface area contributed by atoms with Crippen molar-refractivity contribution < 1.29 is 14.3 Å². The molecule has 0 aliphatic rings. The highest BCUT2D eigenvalue weighted by Gasteiger charge is 2.31. The average molecular weight is 614 g/mol. The number of carbonyl (C=O) groups excluding carboxylic acids is 2. The molecule has 1 aromatic carbocycles. The van der Waals surface area contributed by atoms with Crippen LogP contribution in [0.5, 0.6) is 0 Å². The number of esters is 1. The topological polar surface area (TPSA) is 95.4 Å². The maximum absolute atomic E-state index is 12.5. The summed E-state index contributed by atoms with van der Waals surface area (Å²) in [6.45, 7) is 1.57. The van der Waals surface area contributed by atoms with Crippen molar-refractivity contribution in [1.29, 1.82) is 0 Å². The molecule has 5 nitrogen and oxygen atoms in total. The lowest BCUT2D eigenvalue weighted by molar-refractivity contribution is -0.145. The minimum absolute atomic E-state index is 0.306. The van der Waals surface area contributed by atoms with Gasteiger partial charge in [-0.2, -0.15) is 0 Å². The zero-order valence-corrected chi connectivity index (χ0v) is 17.2. The lowest BCUT2D eigenvalue weighted by Gasteiger charge is -2.19. The molecule has 0 saturated carbocycles. The molecule has 20 heavy (non-hydrogen) atoms. The minimum Gasteiger partial charge on any atom is -0.469 e. The molecule has 8 heteroatoms. The van der Waals surface area contributed by atoms with Gasteiger partial charge in [-0.3, -0.25) is 9.59 Å².